The van der Waals surface area contributed by atoms with E-state index in [0.29, 0.717) is 0 Å². The zero-order valence-electron chi connectivity index (χ0n) is 11.3. The van der Waals surface area contributed by atoms with Crippen molar-refractivity contribution in [1.82, 2.24) is 10.6 Å². The van der Waals surface area contributed by atoms with E-state index in [-0.39, 0.29) is 13.2 Å². The van der Waals surface area contributed by atoms with E-state index in [1.165, 1.54) is 0 Å². The summed E-state index contributed by atoms with van der Waals surface area (Å²) in [4.78, 5) is 20.3. The fraction of sp³-hybridized carbons (Fsp3) is 0.800. The Bertz CT molecular complexity index is 303. The Kier molecular flexibility index (Phi) is 11.1. The van der Waals surface area contributed by atoms with Crippen LogP contribution in [-0.2, 0) is 14.2 Å². The highest BCUT2D eigenvalue weighted by molar-refractivity contribution is 6.45. The average molecular weight is 386 g/mol. The van der Waals surface area contributed by atoms with E-state index in [9.17, 15) is 9.59 Å². The first-order valence-electron chi connectivity index (χ1n) is 5.90. The summed E-state index contributed by atoms with van der Waals surface area (Å²) in [6.45, 7) is 3.53. The molecule has 0 aromatic carbocycles. The number of hydrogen-bond donors (Lipinski definition) is 2. The predicted molar refractivity (Wildman–Crippen MR) is 80.0 cm³/mol. The Balaban J connectivity index is 4.66. The first-order valence-corrected chi connectivity index (χ1v) is 7.64. The number of hydrogen-bond acceptors (Lipinski definition) is 5. The summed E-state index contributed by atoms with van der Waals surface area (Å²) in [6, 6.07) is 0. The number of alkyl halides is 4. The SMILES string of the molecule is CCOC(=O)N[C@@H](O[C@H](NC(=O)OCC)C(Cl)Cl)C(Cl)Cl. The van der Waals surface area contributed by atoms with Crippen LogP contribution >= 0.6 is 46.4 Å². The third-order valence-electron chi connectivity index (χ3n) is 1.82. The zero-order valence-corrected chi connectivity index (χ0v) is 14.3. The molecule has 0 aromatic rings. The van der Waals surface area contributed by atoms with Crippen LogP contribution < -0.4 is 10.6 Å². The summed E-state index contributed by atoms with van der Waals surface area (Å²) < 4.78 is 14.6. The molecule has 0 spiro atoms. The van der Waals surface area contributed by atoms with Crippen molar-refractivity contribution in [2.45, 2.75) is 36.0 Å². The van der Waals surface area contributed by atoms with E-state index in [1.54, 1.807) is 13.8 Å². The van der Waals surface area contributed by atoms with Gasteiger partial charge in [0, 0.05) is 0 Å². The van der Waals surface area contributed by atoms with Gasteiger partial charge in [0.2, 0.25) is 0 Å². The number of halogens is 4. The molecule has 0 aliphatic rings. The van der Waals surface area contributed by atoms with Gasteiger partial charge in [0.15, 0.2) is 22.1 Å². The van der Waals surface area contributed by atoms with E-state index in [2.05, 4.69) is 20.1 Å². The standard InChI is InChI=1S/C10H16Cl4N2O5/c1-3-19-9(17)15-7(5(11)12)21-8(6(13)14)16-10(18)20-4-2/h5-8H,3-4H2,1-2H3,(H,15,17)(H,16,18)/t7-,8-/m0/s1. The first-order chi connectivity index (χ1) is 9.81. The van der Waals surface area contributed by atoms with E-state index < -0.39 is 34.3 Å². The van der Waals surface area contributed by atoms with Crippen LogP contribution in [0, 0.1) is 0 Å². The van der Waals surface area contributed by atoms with Crippen molar-refractivity contribution >= 4 is 58.6 Å². The molecule has 0 bridgehead atoms. The Hall–Kier alpha value is -0.340. The minimum absolute atomic E-state index is 0.145. The normalized spacial score (nSPS) is 13.7. The van der Waals surface area contributed by atoms with Crippen LogP contribution in [0.15, 0.2) is 0 Å². The van der Waals surface area contributed by atoms with Crippen molar-refractivity contribution in [3.05, 3.63) is 0 Å². The highest BCUT2D eigenvalue weighted by Crippen LogP contribution is 2.16. The molecule has 0 aromatic heterocycles. The van der Waals surface area contributed by atoms with Gasteiger partial charge in [0.1, 0.15) is 0 Å². The van der Waals surface area contributed by atoms with Gasteiger partial charge in [-0.15, -0.1) is 46.4 Å². The molecule has 0 saturated carbocycles. The molecular formula is C10H16Cl4N2O5. The molecule has 0 rings (SSSR count). The maximum atomic E-state index is 11.3. The number of ether oxygens (including phenoxy) is 3. The monoisotopic (exact) mass is 384 g/mol. The van der Waals surface area contributed by atoms with Crippen molar-refractivity contribution < 1.29 is 23.8 Å². The maximum Gasteiger partial charge on any atom is 0.409 e. The molecule has 0 heterocycles. The molecule has 0 fully saturated rings. The molecule has 0 saturated heterocycles. The van der Waals surface area contributed by atoms with Gasteiger partial charge in [-0.25, -0.2) is 9.59 Å². The third kappa shape index (κ3) is 9.31. The number of nitrogens with one attached hydrogen (secondary N) is 2. The number of rotatable bonds is 8. The lowest BCUT2D eigenvalue weighted by atomic mass is 10.5. The van der Waals surface area contributed by atoms with Gasteiger partial charge < -0.3 is 14.2 Å². The van der Waals surface area contributed by atoms with Gasteiger partial charge in [-0.2, -0.15) is 0 Å². The van der Waals surface area contributed by atoms with Gasteiger partial charge in [-0.1, -0.05) is 0 Å². The lowest BCUT2D eigenvalue weighted by Crippen LogP contribution is -2.50. The Labute approximate surface area is 142 Å². The van der Waals surface area contributed by atoms with Crippen LogP contribution in [0.3, 0.4) is 0 Å². The van der Waals surface area contributed by atoms with Gasteiger partial charge in [0.05, 0.1) is 13.2 Å². The zero-order chi connectivity index (χ0) is 16.4. The highest BCUT2D eigenvalue weighted by atomic mass is 35.5. The summed E-state index contributed by atoms with van der Waals surface area (Å²) in [5, 5.41) is 4.50. The van der Waals surface area contributed by atoms with Crippen LogP contribution in [0.2, 0.25) is 0 Å². The molecule has 21 heavy (non-hydrogen) atoms. The molecule has 0 unspecified atom stereocenters. The van der Waals surface area contributed by atoms with Gasteiger partial charge in [-0.05, 0) is 13.8 Å². The molecule has 2 N–H and O–H groups in total. The number of amides is 2. The van der Waals surface area contributed by atoms with Crippen LogP contribution in [0.1, 0.15) is 13.8 Å². The Morgan fingerprint density at radius 1 is 0.857 bits per heavy atom. The van der Waals surface area contributed by atoms with Crippen molar-refractivity contribution in [1.29, 1.82) is 0 Å². The maximum absolute atomic E-state index is 11.3. The fourth-order valence-electron chi connectivity index (χ4n) is 1.05. The lowest BCUT2D eigenvalue weighted by Gasteiger charge is -2.27. The van der Waals surface area contributed by atoms with E-state index >= 15 is 0 Å². The molecule has 7 nitrogen and oxygen atoms in total. The largest absolute Gasteiger partial charge is 0.450 e. The van der Waals surface area contributed by atoms with Crippen LogP contribution in [0.25, 0.3) is 0 Å². The molecule has 124 valence electrons. The highest BCUT2D eigenvalue weighted by Gasteiger charge is 2.29. The van der Waals surface area contributed by atoms with Crippen molar-refractivity contribution in [2.75, 3.05) is 13.2 Å². The molecule has 11 heteroatoms. The molecule has 0 aliphatic heterocycles. The lowest BCUT2D eigenvalue weighted by molar-refractivity contribution is -0.0299. The second kappa shape index (κ2) is 11.3. The van der Waals surface area contributed by atoms with E-state index in [1.807, 2.05) is 0 Å². The van der Waals surface area contributed by atoms with Crippen molar-refractivity contribution in [3.8, 4) is 0 Å². The van der Waals surface area contributed by atoms with Gasteiger partial charge >= 0.3 is 12.2 Å². The summed E-state index contributed by atoms with van der Waals surface area (Å²) in [5.74, 6) is 0. The first kappa shape index (κ1) is 20.7. The number of alkyl carbamates (subject to hydrolysis) is 2. The van der Waals surface area contributed by atoms with Crippen LogP contribution in [0.5, 0.6) is 0 Å². The fourth-order valence-corrected chi connectivity index (χ4v) is 1.54. The molecule has 2 atom stereocenters. The number of carbonyl (C=O) groups is 2. The van der Waals surface area contributed by atoms with Crippen LogP contribution in [-0.4, -0.2) is 47.5 Å². The molecule has 0 aliphatic carbocycles. The third-order valence-corrected chi connectivity index (χ3v) is 2.74. The molecular weight excluding hydrogens is 370 g/mol. The predicted octanol–water partition coefficient (Wildman–Crippen LogP) is 2.75. The summed E-state index contributed by atoms with van der Waals surface area (Å²) >= 11 is 22.7. The van der Waals surface area contributed by atoms with Gasteiger partial charge in [-0.3, -0.25) is 10.6 Å². The van der Waals surface area contributed by atoms with E-state index in [0.717, 1.165) is 0 Å². The quantitative estimate of drug-likeness (QED) is 0.495. The topological polar surface area (TPSA) is 85.9 Å². The van der Waals surface area contributed by atoms with Crippen molar-refractivity contribution in [2.24, 2.45) is 0 Å². The van der Waals surface area contributed by atoms with Crippen molar-refractivity contribution in [3.63, 3.8) is 0 Å². The second-order valence-electron chi connectivity index (χ2n) is 3.38. The van der Waals surface area contributed by atoms with Gasteiger partial charge in [0.25, 0.3) is 0 Å². The summed E-state index contributed by atoms with van der Waals surface area (Å²) in [5.41, 5.74) is 0. The Morgan fingerprint density at radius 3 is 1.43 bits per heavy atom. The minimum Gasteiger partial charge on any atom is -0.450 e. The summed E-state index contributed by atoms with van der Waals surface area (Å²) in [7, 11) is 0. The van der Waals surface area contributed by atoms with Crippen LogP contribution in [0.4, 0.5) is 9.59 Å². The Morgan fingerprint density at radius 2 is 1.19 bits per heavy atom. The minimum atomic E-state index is -1.21. The second-order valence-corrected chi connectivity index (χ2v) is 5.70. The molecule has 2 amide bonds. The smallest absolute Gasteiger partial charge is 0.409 e. The number of carbonyl (C=O) groups excluding carboxylic acids is 2. The molecule has 0 radical (unpaired) electrons. The van der Waals surface area contributed by atoms with E-state index in [4.69, 9.17) is 51.1 Å². The average Bonchev–Trinajstić information content (AvgIpc) is 2.37. The summed E-state index contributed by atoms with van der Waals surface area (Å²) in [6.07, 6.45) is -4.02.